The fourth-order valence-electron chi connectivity index (χ4n) is 4.40. The lowest BCUT2D eigenvalue weighted by atomic mass is 9.69. The van der Waals surface area contributed by atoms with Gasteiger partial charge in [0.25, 0.3) is 0 Å². The highest BCUT2D eigenvalue weighted by molar-refractivity contribution is 6.01. The Morgan fingerprint density at radius 1 is 1.04 bits per heavy atom. The Hall–Kier alpha value is -2.75. The van der Waals surface area contributed by atoms with Gasteiger partial charge in [-0.05, 0) is 29.0 Å². The number of anilines is 1. The lowest BCUT2D eigenvalue weighted by Crippen LogP contribution is -2.33. The van der Waals surface area contributed by atoms with E-state index in [0.717, 1.165) is 46.0 Å². The molecule has 0 amide bonds. The van der Waals surface area contributed by atoms with E-state index in [1.807, 2.05) is 30.3 Å². The van der Waals surface area contributed by atoms with E-state index in [9.17, 15) is 4.79 Å². The van der Waals surface area contributed by atoms with E-state index in [-0.39, 0.29) is 23.9 Å². The summed E-state index contributed by atoms with van der Waals surface area (Å²) in [5.41, 5.74) is 5.14. The summed E-state index contributed by atoms with van der Waals surface area (Å²) in [6.45, 7) is 4.55. The van der Waals surface area contributed by atoms with Gasteiger partial charge in [-0.3, -0.25) is 4.79 Å². The van der Waals surface area contributed by atoms with Crippen molar-refractivity contribution >= 4 is 11.5 Å². The second-order valence-electron chi connectivity index (χ2n) is 8.09. The zero-order chi connectivity index (χ0) is 17.9. The number of nitrogens with one attached hydrogen (secondary N) is 1. The second-order valence-corrected chi connectivity index (χ2v) is 8.09. The van der Waals surface area contributed by atoms with Gasteiger partial charge in [0.15, 0.2) is 17.3 Å². The fourth-order valence-corrected chi connectivity index (χ4v) is 4.40. The third kappa shape index (κ3) is 2.32. The van der Waals surface area contributed by atoms with Crippen molar-refractivity contribution < 1.29 is 14.3 Å². The predicted octanol–water partition coefficient (Wildman–Crippen LogP) is 4.62. The van der Waals surface area contributed by atoms with Crippen LogP contribution in [0.3, 0.4) is 0 Å². The normalized spacial score (nSPS) is 22.5. The molecule has 0 radical (unpaired) electrons. The molecule has 3 aliphatic rings. The molecule has 0 saturated heterocycles. The van der Waals surface area contributed by atoms with Crippen LogP contribution >= 0.6 is 0 Å². The zero-order valence-corrected chi connectivity index (χ0v) is 15.0. The molecule has 4 nitrogen and oxygen atoms in total. The minimum atomic E-state index is -0.0689. The lowest BCUT2D eigenvalue weighted by Gasteiger charge is -2.39. The van der Waals surface area contributed by atoms with Crippen molar-refractivity contribution in [2.75, 3.05) is 12.1 Å². The number of hydrogen-bond donors (Lipinski definition) is 1. The minimum absolute atomic E-state index is 0.0298. The molecule has 5 rings (SSSR count). The molecule has 1 aliphatic carbocycles. The van der Waals surface area contributed by atoms with E-state index in [1.54, 1.807) is 0 Å². The Kier molecular flexibility index (Phi) is 3.20. The number of ether oxygens (including phenoxy) is 2. The van der Waals surface area contributed by atoms with Gasteiger partial charge in [-0.25, -0.2) is 0 Å². The van der Waals surface area contributed by atoms with Crippen molar-refractivity contribution in [3.8, 4) is 11.5 Å². The third-order valence-corrected chi connectivity index (χ3v) is 5.48. The molecule has 4 heteroatoms. The number of benzene rings is 2. The molecule has 0 spiro atoms. The Morgan fingerprint density at radius 2 is 1.77 bits per heavy atom. The van der Waals surface area contributed by atoms with E-state index >= 15 is 0 Å². The predicted molar refractivity (Wildman–Crippen MR) is 99.5 cm³/mol. The van der Waals surface area contributed by atoms with Crippen molar-refractivity contribution in [2.24, 2.45) is 5.41 Å². The second kappa shape index (κ2) is 5.37. The molecule has 0 fully saturated rings. The topological polar surface area (TPSA) is 47.6 Å². The molecule has 0 saturated carbocycles. The highest BCUT2D eigenvalue weighted by Gasteiger charge is 2.41. The molecule has 26 heavy (non-hydrogen) atoms. The number of ketones is 1. The number of fused-ring (bicyclic) bond motifs is 2. The summed E-state index contributed by atoms with van der Waals surface area (Å²) in [4.78, 5) is 13.1. The van der Waals surface area contributed by atoms with Gasteiger partial charge in [-0.2, -0.15) is 0 Å². The van der Waals surface area contributed by atoms with Gasteiger partial charge < -0.3 is 14.8 Å². The summed E-state index contributed by atoms with van der Waals surface area (Å²) in [7, 11) is 0. The van der Waals surface area contributed by atoms with Gasteiger partial charge in [-0.1, -0.05) is 44.2 Å². The number of carbonyl (C=O) groups is 1. The van der Waals surface area contributed by atoms with Crippen LogP contribution in [0.25, 0.3) is 0 Å². The molecular weight excluding hydrogens is 326 g/mol. The summed E-state index contributed by atoms with van der Waals surface area (Å²) in [6.07, 6.45) is 1.45. The van der Waals surface area contributed by atoms with Crippen LogP contribution in [0, 0.1) is 5.41 Å². The van der Waals surface area contributed by atoms with E-state index in [4.69, 9.17) is 9.47 Å². The van der Waals surface area contributed by atoms with Gasteiger partial charge in [-0.15, -0.1) is 0 Å². The van der Waals surface area contributed by atoms with E-state index in [0.29, 0.717) is 6.42 Å². The average Bonchev–Trinajstić information content (AvgIpc) is 3.05. The van der Waals surface area contributed by atoms with Crippen molar-refractivity contribution in [1.82, 2.24) is 0 Å². The molecule has 2 aromatic rings. The first-order chi connectivity index (χ1) is 12.5. The van der Waals surface area contributed by atoms with Crippen molar-refractivity contribution in [3.05, 3.63) is 64.9 Å². The van der Waals surface area contributed by atoms with Crippen molar-refractivity contribution in [1.29, 1.82) is 0 Å². The maximum Gasteiger partial charge on any atom is 0.231 e. The fraction of sp³-hybridized carbons (Fsp3) is 0.318. The highest BCUT2D eigenvalue weighted by Crippen LogP contribution is 2.51. The van der Waals surface area contributed by atoms with E-state index < -0.39 is 0 Å². The number of hydrogen-bond acceptors (Lipinski definition) is 4. The number of Topliss-reactive ketones (excluding diaryl/α,β-unsaturated/α-hetero) is 1. The first-order valence-electron chi connectivity index (χ1n) is 9.04. The summed E-state index contributed by atoms with van der Waals surface area (Å²) in [5, 5.41) is 3.54. The standard InChI is InChI=1S/C22H21NO3/c1-22(2)10-16-21(17(24)11-22)20(13-6-4-3-5-7-13)14-8-18-19(26-12-25-18)9-15(14)23-16/h3-9,20,23H,10-12H2,1-2H3. The Labute approximate surface area is 152 Å². The molecule has 132 valence electrons. The first kappa shape index (κ1) is 15.5. The zero-order valence-electron chi connectivity index (χ0n) is 15.0. The molecule has 1 N–H and O–H groups in total. The highest BCUT2D eigenvalue weighted by atomic mass is 16.7. The van der Waals surface area contributed by atoms with Gasteiger partial charge in [0.2, 0.25) is 6.79 Å². The SMILES string of the molecule is CC1(C)CC(=O)C2=C(C1)Nc1cc3c(cc1C2c1ccccc1)OCO3. The monoisotopic (exact) mass is 347 g/mol. The molecule has 2 aromatic carbocycles. The number of carbonyl (C=O) groups excluding carboxylic acids is 1. The molecular formula is C22H21NO3. The van der Waals surface area contributed by atoms with Crippen LogP contribution in [0.2, 0.25) is 0 Å². The van der Waals surface area contributed by atoms with Gasteiger partial charge in [0.05, 0.1) is 0 Å². The first-order valence-corrected chi connectivity index (χ1v) is 9.04. The number of rotatable bonds is 1. The Morgan fingerprint density at radius 3 is 2.54 bits per heavy atom. The molecule has 1 atom stereocenters. The van der Waals surface area contributed by atoms with Gasteiger partial charge in [0, 0.05) is 35.4 Å². The summed E-state index contributed by atoms with van der Waals surface area (Å²) in [5.74, 6) is 1.68. The van der Waals surface area contributed by atoms with Crippen LogP contribution < -0.4 is 14.8 Å². The molecule has 0 aromatic heterocycles. The van der Waals surface area contributed by atoms with E-state index in [2.05, 4.69) is 31.3 Å². The van der Waals surface area contributed by atoms with Crippen LogP contribution in [-0.2, 0) is 4.79 Å². The Bertz CT molecular complexity index is 943. The van der Waals surface area contributed by atoms with Gasteiger partial charge >= 0.3 is 0 Å². The molecule has 2 heterocycles. The quantitative estimate of drug-likeness (QED) is 0.818. The van der Waals surface area contributed by atoms with Crippen LogP contribution in [-0.4, -0.2) is 12.6 Å². The lowest BCUT2D eigenvalue weighted by molar-refractivity contribution is -0.118. The van der Waals surface area contributed by atoms with Crippen LogP contribution in [0.5, 0.6) is 11.5 Å². The van der Waals surface area contributed by atoms with Crippen LogP contribution in [0.15, 0.2) is 53.7 Å². The minimum Gasteiger partial charge on any atom is -0.454 e. The van der Waals surface area contributed by atoms with Crippen molar-refractivity contribution in [3.63, 3.8) is 0 Å². The summed E-state index contributed by atoms with van der Waals surface area (Å²) < 4.78 is 11.2. The maximum absolute atomic E-state index is 13.1. The summed E-state index contributed by atoms with van der Waals surface area (Å²) >= 11 is 0. The Balaban J connectivity index is 1.73. The molecule has 0 bridgehead atoms. The third-order valence-electron chi connectivity index (χ3n) is 5.48. The van der Waals surface area contributed by atoms with Crippen LogP contribution in [0.4, 0.5) is 5.69 Å². The van der Waals surface area contributed by atoms with E-state index in [1.165, 1.54) is 0 Å². The van der Waals surface area contributed by atoms with Crippen molar-refractivity contribution in [2.45, 2.75) is 32.6 Å². The van der Waals surface area contributed by atoms with Gasteiger partial charge in [0.1, 0.15) is 0 Å². The smallest absolute Gasteiger partial charge is 0.231 e. The maximum atomic E-state index is 13.1. The van der Waals surface area contributed by atoms with Crippen LogP contribution in [0.1, 0.15) is 43.7 Å². The summed E-state index contributed by atoms with van der Waals surface area (Å²) in [6, 6.07) is 14.3. The molecule has 2 aliphatic heterocycles. The number of allylic oxidation sites excluding steroid dienone is 2. The largest absolute Gasteiger partial charge is 0.454 e. The average molecular weight is 347 g/mol. The molecule has 1 unspecified atom stereocenters.